The zero-order valence-corrected chi connectivity index (χ0v) is 41.4. The third-order valence-electron chi connectivity index (χ3n) is 13.3. The Morgan fingerprint density at radius 2 is 1.74 bits per heavy atom. The standard InChI is InChI=1S/C48H67ClN8O8S/c1-11-30-24-48(30,44(60)62-10)54-42(58)36-22-32(25-57(36)43(59)41(47(5,6)7)53-46(61)65-31-20-28-19-29(28)21-31)64-38-23-34(35-26-66-45(52-35)50-27(3)4)51-40-33(38)13-14-37(39(40)49)63-18-17-56(9)16-15-55(8)12-2/h11,13-14,23,26-32,36,41H,1,12,15-22,24-25H2,2-10H3,(H,50,52)(H,53,61)(H,54,58)/t28-,29+,30-,31?,32-,36+,41-,48?/m1/s1. The lowest BCUT2D eigenvalue weighted by atomic mass is 9.85. The third-order valence-corrected chi connectivity index (χ3v) is 14.5. The fourth-order valence-electron chi connectivity index (χ4n) is 9.09. The Morgan fingerprint density at radius 1 is 1.02 bits per heavy atom. The van der Waals surface area contributed by atoms with Gasteiger partial charge in [-0.15, -0.1) is 17.9 Å². The van der Waals surface area contributed by atoms with Gasteiger partial charge in [0, 0.05) is 54.8 Å². The van der Waals surface area contributed by atoms with Gasteiger partial charge < -0.3 is 49.6 Å². The van der Waals surface area contributed by atoms with Crippen molar-refractivity contribution in [3.63, 3.8) is 0 Å². The minimum absolute atomic E-state index is 0.0167. The lowest BCUT2D eigenvalue weighted by Gasteiger charge is -2.35. The molecule has 3 heterocycles. The second-order valence-corrected chi connectivity index (χ2v) is 21.1. The Kier molecular flexibility index (Phi) is 15.1. The number of esters is 1. The molecule has 8 atom stereocenters. The third kappa shape index (κ3) is 11.2. The first-order valence-corrected chi connectivity index (χ1v) is 24.4. The number of carbonyl (C=O) groups excluding carboxylic acids is 4. The Morgan fingerprint density at radius 3 is 2.39 bits per heavy atom. The summed E-state index contributed by atoms with van der Waals surface area (Å²) in [6.45, 7) is 19.5. The summed E-state index contributed by atoms with van der Waals surface area (Å²) < 4.78 is 24.0. The molecule has 2 aromatic heterocycles. The molecule has 1 aliphatic heterocycles. The molecule has 0 radical (unpaired) electrons. The lowest BCUT2D eigenvalue weighted by Crippen LogP contribution is -2.59. The number of nitrogens with one attached hydrogen (secondary N) is 3. The lowest BCUT2D eigenvalue weighted by molar-refractivity contribution is -0.148. The Hall–Kier alpha value is -4.71. The number of amides is 3. The van der Waals surface area contributed by atoms with Gasteiger partial charge in [0.05, 0.1) is 24.9 Å². The number of halogens is 1. The highest BCUT2D eigenvalue weighted by Gasteiger charge is 2.62. The maximum absolute atomic E-state index is 14.9. The van der Waals surface area contributed by atoms with Crippen molar-refractivity contribution in [3.05, 3.63) is 41.3 Å². The summed E-state index contributed by atoms with van der Waals surface area (Å²) in [7, 11) is 5.42. The van der Waals surface area contributed by atoms with Gasteiger partial charge in [-0.1, -0.05) is 45.4 Å². The molecule has 4 aliphatic rings. The van der Waals surface area contributed by atoms with Gasteiger partial charge in [0.25, 0.3) is 0 Å². The number of thiazole rings is 1. The molecule has 3 aromatic rings. The maximum Gasteiger partial charge on any atom is 0.408 e. The molecule has 2 unspecified atom stereocenters. The summed E-state index contributed by atoms with van der Waals surface area (Å²) in [5.74, 6) is 0.113. The highest BCUT2D eigenvalue weighted by Crippen LogP contribution is 2.52. The number of hydrogen-bond donors (Lipinski definition) is 3. The van der Waals surface area contributed by atoms with Crippen LogP contribution in [0, 0.1) is 23.2 Å². The number of alkyl carbamates (subject to hydrolysis) is 1. The van der Waals surface area contributed by atoms with Crippen molar-refractivity contribution in [1.29, 1.82) is 0 Å². The van der Waals surface area contributed by atoms with Crippen molar-refractivity contribution in [1.82, 2.24) is 35.3 Å². The summed E-state index contributed by atoms with van der Waals surface area (Å²) in [5, 5.41) is 12.7. The molecule has 3 amide bonds. The van der Waals surface area contributed by atoms with E-state index in [9.17, 15) is 19.2 Å². The highest BCUT2D eigenvalue weighted by molar-refractivity contribution is 7.14. The van der Waals surface area contributed by atoms with Crippen molar-refractivity contribution in [2.24, 2.45) is 23.2 Å². The summed E-state index contributed by atoms with van der Waals surface area (Å²) >= 11 is 8.60. The van der Waals surface area contributed by atoms with Gasteiger partial charge in [-0.2, -0.15) is 0 Å². The molecule has 3 saturated carbocycles. The van der Waals surface area contributed by atoms with Crippen LogP contribution in [0.5, 0.6) is 11.5 Å². The molecule has 3 aliphatic carbocycles. The highest BCUT2D eigenvalue weighted by atomic mass is 35.5. The van der Waals surface area contributed by atoms with E-state index in [4.69, 9.17) is 40.5 Å². The van der Waals surface area contributed by atoms with Crippen LogP contribution in [0.3, 0.4) is 0 Å². The van der Waals surface area contributed by atoms with E-state index in [-0.39, 0.29) is 31.0 Å². The van der Waals surface area contributed by atoms with Gasteiger partial charge in [-0.3, -0.25) is 9.59 Å². The Bertz CT molecular complexity index is 2280. The molecular formula is C48H67ClN8O8S. The minimum Gasteiger partial charge on any atom is -0.491 e. The van der Waals surface area contributed by atoms with Gasteiger partial charge in [-0.05, 0) is 89.6 Å². The molecule has 0 bridgehead atoms. The van der Waals surface area contributed by atoms with Crippen LogP contribution in [-0.2, 0) is 23.9 Å². The number of rotatable bonds is 20. The molecule has 4 fully saturated rings. The number of aromatic nitrogens is 2. The van der Waals surface area contributed by atoms with E-state index in [1.54, 1.807) is 18.2 Å². The largest absolute Gasteiger partial charge is 0.491 e. The van der Waals surface area contributed by atoms with Crippen molar-refractivity contribution in [3.8, 4) is 22.9 Å². The van der Waals surface area contributed by atoms with E-state index < -0.39 is 53.0 Å². The molecule has 66 heavy (non-hydrogen) atoms. The number of methoxy groups -OCH3 is 1. The molecule has 360 valence electrons. The van der Waals surface area contributed by atoms with Crippen molar-refractivity contribution < 1.29 is 38.1 Å². The topological polar surface area (TPSA) is 177 Å². The summed E-state index contributed by atoms with van der Waals surface area (Å²) in [4.78, 5) is 71.6. The molecule has 16 nitrogen and oxygen atoms in total. The SMILES string of the molecule is C=C[C@@H]1CC1(NC(=O)[C@@H]1C[C@@H](Oc2cc(-c3csc(NC(C)C)n3)nc3c(Cl)c(OCCN(C)CCN(C)CC)ccc23)CN1C(=O)[C@@H](NC(=O)OC1C[C@@H]2C[C@@H]2C1)C(C)(C)C)C(=O)OC. The predicted molar refractivity (Wildman–Crippen MR) is 256 cm³/mol. The summed E-state index contributed by atoms with van der Waals surface area (Å²) in [6, 6.07) is 3.45. The molecular weight excluding hydrogens is 884 g/mol. The average Bonchev–Trinajstić information content (AvgIpc) is 3.94. The number of likely N-dealkylation sites (tertiary alicyclic amines) is 1. The molecule has 7 rings (SSSR count). The number of pyridine rings is 1. The number of likely N-dealkylation sites (N-methyl/N-ethyl adjacent to an activating group) is 2. The first-order chi connectivity index (χ1) is 31.3. The number of ether oxygens (including phenoxy) is 4. The average molecular weight is 952 g/mol. The molecule has 3 N–H and O–H groups in total. The van der Waals surface area contributed by atoms with Crippen LogP contribution in [0.25, 0.3) is 22.3 Å². The van der Waals surface area contributed by atoms with E-state index in [0.717, 1.165) is 37.6 Å². The van der Waals surface area contributed by atoms with Crippen LogP contribution in [0.4, 0.5) is 9.93 Å². The maximum atomic E-state index is 14.9. The number of carbonyl (C=O) groups is 4. The van der Waals surface area contributed by atoms with E-state index in [1.165, 1.54) is 29.8 Å². The predicted octanol–water partition coefficient (Wildman–Crippen LogP) is 6.62. The van der Waals surface area contributed by atoms with Crippen LogP contribution < -0.4 is 25.4 Å². The van der Waals surface area contributed by atoms with Gasteiger partial charge in [-0.25, -0.2) is 19.6 Å². The van der Waals surface area contributed by atoms with Gasteiger partial charge in [0.2, 0.25) is 11.8 Å². The fraction of sp³-hybridized carbons (Fsp3) is 0.625. The van der Waals surface area contributed by atoms with Gasteiger partial charge in [0.1, 0.15) is 58.7 Å². The normalized spacial score (nSPS) is 24.8. The first kappa shape index (κ1) is 49.2. The summed E-state index contributed by atoms with van der Waals surface area (Å²) in [6.07, 6.45) is 3.22. The smallest absolute Gasteiger partial charge is 0.408 e. The zero-order chi connectivity index (χ0) is 47.7. The Labute approximate surface area is 397 Å². The van der Waals surface area contributed by atoms with Crippen molar-refractivity contribution in [2.45, 2.75) is 110 Å². The number of benzene rings is 1. The van der Waals surface area contributed by atoms with E-state index in [2.05, 4.69) is 53.3 Å². The summed E-state index contributed by atoms with van der Waals surface area (Å²) in [5.41, 5.74) is -0.545. The second-order valence-electron chi connectivity index (χ2n) is 19.8. The fourth-order valence-corrected chi connectivity index (χ4v) is 10.2. The molecule has 18 heteroatoms. The monoisotopic (exact) mass is 950 g/mol. The van der Waals surface area contributed by atoms with E-state index >= 15 is 0 Å². The minimum atomic E-state index is -1.31. The van der Waals surface area contributed by atoms with Crippen LogP contribution in [0.15, 0.2) is 36.2 Å². The molecule has 0 spiro atoms. The van der Waals surface area contributed by atoms with E-state index in [1.807, 2.05) is 46.1 Å². The first-order valence-electron chi connectivity index (χ1n) is 23.2. The quantitative estimate of drug-likeness (QED) is 0.0815. The van der Waals surface area contributed by atoms with Crippen LogP contribution >= 0.6 is 22.9 Å². The van der Waals surface area contributed by atoms with Crippen molar-refractivity contribution in [2.75, 3.05) is 65.9 Å². The number of fused-ring (bicyclic) bond motifs is 2. The van der Waals surface area contributed by atoms with E-state index in [0.29, 0.717) is 70.2 Å². The zero-order valence-electron chi connectivity index (χ0n) is 39.8. The van der Waals surface area contributed by atoms with Crippen molar-refractivity contribution >= 4 is 62.8 Å². The van der Waals surface area contributed by atoms with Gasteiger partial charge in [0.15, 0.2) is 5.13 Å². The van der Waals surface area contributed by atoms with Crippen LogP contribution in [0.2, 0.25) is 5.02 Å². The Balaban J connectivity index is 1.19. The second kappa shape index (κ2) is 20.3. The molecule has 1 saturated heterocycles. The van der Waals surface area contributed by atoms with Crippen LogP contribution in [0.1, 0.15) is 73.6 Å². The number of nitrogens with zero attached hydrogens (tertiary/aromatic N) is 5. The van der Waals surface area contributed by atoms with Crippen LogP contribution in [-0.4, -0.2) is 145 Å². The molecule has 1 aromatic carbocycles. The van der Waals surface area contributed by atoms with Gasteiger partial charge >= 0.3 is 12.1 Å². The number of hydrogen-bond acceptors (Lipinski definition) is 14. The number of anilines is 1.